The molecule has 0 aliphatic carbocycles. The lowest BCUT2D eigenvalue weighted by atomic mass is 10.0. The number of hydrogen-bond donors (Lipinski definition) is 0. The minimum absolute atomic E-state index is 0.144. The molecule has 1 aromatic heterocycles. The molecule has 4 aromatic rings. The number of benzene rings is 3. The monoisotopic (exact) mass is 565 g/mol. The predicted molar refractivity (Wildman–Crippen MR) is 165 cm³/mol. The smallest absolute Gasteiger partial charge is 0.330 e. The molecule has 218 valence electrons. The summed E-state index contributed by atoms with van der Waals surface area (Å²) in [6.07, 6.45) is 5.04. The van der Waals surface area contributed by atoms with Crippen molar-refractivity contribution in [2.75, 3.05) is 44.4 Å². The third-order valence-electron chi connectivity index (χ3n) is 7.36. The van der Waals surface area contributed by atoms with Gasteiger partial charge in [-0.3, -0.25) is 4.90 Å². The standard InChI is InChI=1S/C35H39N3O4/c1-2-41-32(39)19-12-22-38(27-29-15-8-4-9-16-29)31(21-20-28-13-6-3-7-14-28)34-36-33(30-17-10-5-11-18-30)35(42-34)37-23-25-40-26-24-37/h3-19,31H,2,20-27H2,1H3/b19-12+. The summed E-state index contributed by atoms with van der Waals surface area (Å²) in [4.78, 5) is 21.9. The van der Waals surface area contributed by atoms with Crippen LogP contribution in [-0.2, 0) is 27.2 Å². The number of aromatic nitrogens is 1. The Hall–Kier alpha value is -4.20. The number of nitrogens with zero attached hydrogens (tertiary/aromatic N) is 3. The van der Waals surface area contributed by atoms with Crippen LogP contribution in [0.5, 0.6) is 0 Å². The fourth-order valence-electron chi connectivity index (χ4n) is 5.24. The molecular formula is C35H39N3O4. The van der Waals surface area contributed by atoms with E-state index >= 15 is 0 Å². The average Bonchev–Trinajstić information content (AvgIpc) is 3.48. The van der Waals surface area contributed by atoms with Crippen LogP contribution in [0.2, 0.25) is 0 Å². The minimum atomic E-state index is -0.338. The molecule has 1 unspecified atom stereocenters. The van der Waals surface area contributed by atoms with Crippen molar-refractivity contribution in [1.29, 1.82) is 0 Å². The first-order valence-corrected chi connectivity index (χ1v) is 14.7. The summed E-state index contributed by atoms with van der Waals surface area (Å²) >= 11 is 0. The largest absolute Gasteiger partial charge is 0.463 e. The lowest BCUT2D eigenvalue weighted by Crippen LogP contribution is -2.36. The van der Waals surface area contributed by atoms with Crippen LogP contribution in [0.3, 0.4) is 0 Å². The first kappa shape index (κ1) is 29.3. The molecule has 1 aliphatic heterocycles. The highest BCUT2D eigenvalue weighted by Crippen LogP contribution is 2.37. The Labute approximate surface area is 248 Å². The quantitative estimate of drug-likeness (QED) is 0.136. The number of rotatable bonds is 13. The van der Waals surface area contributed by atoms with Gasteiger partial charge < -0.3 is 18.8 Å². The number of carbonyl (C=O) groups is 1. The molecule has 1 atom stereocenters. The molecule has 1 saturated heterocycles. The molecule has 7 nitrogen and oxygen atoms in total. The fraction of sp³-hybridized carbons (Fsp3) is 0.314. The topological polar surface area (TPSA) is 68.0 Å². The van der Waals surface area contributed by atoms with E-state index in [2.05, 4.69) is 70.5 Å². The summed E-state index contributed by atoms with van der Waals surface area (Å²) in [6, 6.07) is 31.0. The lowest BCUT2D eigenvalue weighted by Gasteiger charge is -2.29. The molecule has 0 spiro atoms. The Morgan fingerprint density at radius 1 is 0.952 bits per heavy atom. The van der Waals surface area contributed by atoms with E-state index in [4.69, 9.17) is 18.9 Å². The third-order valence-corrected chi connectivity index (χ3v) is 7.36. The van der Waals surface area contributed by atoms with Gasteiger partial charge in [0.05, 0.1) is 25.9 Å². The fourth-order valence-corrected chi connectivity index (χ4v) is 5.24. The lowest BCUT2D eigenvalue weighted by molar-refractivity contribution is -0.137. The van der Waals surface area contributed by atoms with Crippen LogP contribution in [0.1, 0.15) is 36.4 Å². The van der Waals surface area contributed by atoms with Crippen LogP contribution in [0.4, 0.5) is 5.88 Å². The van der Waals surface area contributed by atoms with E-state index in [1.165, 1.54) is 17.2 Å². The van der Waals surface area contributed by atoms with Crippen molar-refractivity contribution in [1.82, 2.24) is 9.88 Å². The molecule has 2 heterocycles. The van der Waals surface area contributed by atoms with Crippen LogP contribution in [-0.4, -0.2) is 55.3 Å². The average molecular weight is 566 g/mol. The van der Waals surface area contributed by atoms with Crippen LogP contribution in [0.25, 0.3) is 11.3 Å². The van der Waals surface area contributed by atoms with Gasteiger partial charge in [-0.15, -0.1) is 0 Å². The molecule has 1 aliphatic rings. The maximum absolute atomic E-state index is 12.1. The predicted octanol–water partition coefficient (Wildman–Crippen LogP) is 6.47. The molecule has 5 rings (SSSR count). The van der Waals surface area contributed by atoms with Gasteiger partial charge in [0.1, 0.15) is 5.69 Å². The summed E-state index contributed by atoms with van der Waals surface area (Å²) in [6.45, 7) is 6.16. The van der Waals surface area contributed by atoms with Gasteiger partial charge in [-0.25, -0.2) is 9.78 Å². The van der Waals surface area contributed by atoms with E-state index < -0.39 is 0 Å². The van der Waals surface area contributed by atoms with Crippen LogP contribution in [0.15, 0.2) is 108 Å². The van der Waals surface area contributed by atoms with Crippen LogP contribution in [0, 0.1) is 0 Å². The molecule has 3 aromatic carbocycles. The Morgan fingerprint density at radius 2 is 1.60 bits per heavy atom. The van der Waals surface area contributed by atoms with E-state index in [1.54, 1.807) is 0 Å². The molecule has 42 heavy (non-hydrogen) atoms. The summed E-state index contributed by atoms with van der Waals surface area (Å²) in [5.41, 5.74) is 4.30. The molecule has 0 N–H and O–H groups in total. The van der Waals surface area contributed by atoms with Crippen LogP contribution < -0.4 is 4.90 Å². The number of ether oxygens (including phenoxy) is 2. The number of esters is 1. The van der Waals surface area contributed by atoms with Gasteiger partial charge in [-0.05, 0) is 30.9 Å². The number of hydrogen-bond acceptors (Lipinski definition) is 7. The van der Waals surface area contributed by atoms with E-state index in [1.807, 2.05) is 43.3 Å². The first-order chi connectivity index (χ1) is 20.7. The van der Waals surface area contributed by atoms with Gasteiger partial charge in [0, 0.05) is 37.8 Å². The van der Waals surface area contributed by atoms with Crippen molar-refractivity contribution in [3.63, 3.8) is 0 Å². The molecule has 1 fully saturated rings. The number of anilines is 1. The number of morpholine rings is 1. The Bertz CT molecular complexity index is 1400. The molecule has 0 saturated carbocycles. The van der Waals surface area contributed by atoms with Gasteiger partial charge in [-0.2, -0.15) is 0 Å². The van der Waals surface area contributed by atoms with Crippen molar-refractivity contribution in [2.45, 2.75) is 32.4 Å². The van der Waals surface area contributed by atoms with Gasteiger partial charge in [-0.1, -0.05) is 97.1 Å². The molecule has 7 heteroatoms. The number of oxazole rings is 1. The van der Waals surface area contributed by atoms with Crippen molar-refractivity contribution in [2.24, 2.45) is 0 Å². The first-order valence-electron chi connectivity index (χ1n) is 14.7. The van der Waals surface area contributed by atoms with E-state index in [0.29, 0.717) is 38.8 Å². The zero-order valence-corrected chi connectivity index (χ0v) is 24.2. The van der Waals surface area contributed by atoms with E-state index in [-0.39, 0.29) is 12.0 Å². The molecule has 0 bridgehead atoms. The summed E-state index contributed by atoms with van der Waals surface area (Å²) < 4.78 is 17.5. The van der Waals surface area contributed by atoms with E-state index in [0.717, 1.165) is 43.1 Å². The Balaban J connectivity index is 1.54. The maximum atomic E-state index is 12.1. The zero-order chi connectivity index (χ0) is 29.0. The Kier molecular flexibility index (Phi) is 10.6. The van der Waals surface area contributed by atoms with Crippen molar-refractivity contribution < 1.29 is 18.7 Å². The second-order valence-corrected chi connectivity index (χ2v) is 10.3. The van der Waals surface area contributed by atoms with Gasteiger partial charge in [0.2, 0.25) is 11.8 Å². The van der Waals surface area contributed by atoms with E-state index in [9.17, 15) is 4.79 Å². The van der Waals surface area contributed by atoms with Crippen molar-refractivity contribution in [3.05, 3.63) is 120 Å². The third kappa shape index (κ3) is 7.96. The second-order valence-electron chi connectivity index (χ2n) is 10.3. The zero-order valence-electron chi connectivity index (χ0n) is 24.2. The highest BCUT2D eigenvalue weighted by Gasteiger charge is 2.30. The number of carbonyl (C=O) groups excluding carboxylic acids is 1. The second kappa shape index (κ2) is 15.1. The highest BCUT2D eigenvalue weighted by atomic mass is 16.5. The van der Waals surface area contributed by atoms with Crippen molar-refractivity contribution >= 4 is 11.9 Å². The van der Waals surface area contributed by atoms with Crippen LogP contribution >= 0.6 is 0 Å². The molecule has 0 radical (unpaired) electrons. The van der Waals surface area contributed by atoms with Gasteiger partial charge in [0.15, 0.2) is 0 Å². The van der Waals surface area contributed by atoms with Crippen molar-refractivity contribution in [3.8, 4) is 11.3 Å². The summed E-state index contributed by atoms with van der Waals surface area (Å²) in [7, 11) is 0. The molecular weight excluding hydrogens is 526 g/mol. The van der Waals surface area contributed by atoms with Gasteiger partial charge in [0.25, 0.3) is 0 Å². The normalized spacial score (nSPS) is 14.4. The number of aryl methyl sites for hydroxylation is 1. The Morgan fingerprint density at radius 3 is 2.26 bits per heavy atom. The van der Waals surface area contributed by atoms with Gasteiger partial charge >= 0.3 is 5.97 Å². The summed E-state index contributed by atoms with van der Waals surface area (Å²) in [5, 5.41) is 0. The highest BCUT2D eigenvalue weighted by molar-refractivity contribution is 5.81. The maximum Gasteiger partial charge on any atom is 0.330 e. The molecule has 0 amide bonds. The summed E-state index contributed by atoms with van der Waals surface area (Å²) in [5.74, 6) is 1.12. The SMILES string of the molecule is CCOC(=O)/C=C/CN(Cc1ccccc1)C(CCc1ccccc1)c1nc(-c2ccccc2)c(N2CCOCC2)o1. The minimum Gasteiger partial charge on any atom is -0.463 e.